The first kappa shape index (κ1) is 22.1. The highest BCUT2D eigenvalue weighted by atomic mass is 31.2. The topological polar surface area (TPSA) is 59.6 Å². The van der Waals surface area contributed by atoms with Gasteiger partial charge >= 0.3 is 7.75 Å². The van der Waals surface area contributed by atoms with E-state index in [0.29, 0.717) is 19.7 Å². The maximum Gasteiger partial charge on any atom is 0.405 e. The van der Waals surface area contributed by atoms with E-state index in [4.69, 9.17) is 9.05 Å². The van der Waals surface area contributed by atoms with Crippen molar-refractivity contribution in [1.29, 1.82) is 0 Å². The molecule has 6 heteroatoms. The molecule has 0 aliphatic heterocycles. The van der Waals surface area contributed by atoms with Gasteiger partial charge in [-0.2, -0.15) is 0 Å². The van der Waals surface area contributed by atoms with Crippen LogP contribution in [0.25, 0.3) is 0 Å². The van der Waals surface area contributed by atoms with Crippen LogP contribution < -0.4 is 10.4 Å². The number of rotatable bonds is 17. The largest absolute Gasteiger partial charge is 0.405 e. The van der Waals surface area contributed by atoms with E-state index < -0.39 is 7.75 Å². The minimum absolute atomic E-state index is 0.382. The maximum absolute atomic E-state index is 12.1. The lowest BCUT2D eigenvalue weighted by Gasteiger charge is -2.17. The Bertz CT molecular complexity index is 278. The van der Waals surface area contributed by atoms with Crippen LogP contribution in [0.3, 0.4) is 0 Å². The number of likely N-dealkylation sites (N-methyl/N-ethyl adjacent to an activating group) is 1. The second-order valence-corrected chi connectivity index (χ2v) is 7.64. The van der Waals surface area contributed by atoms with Gasteiger partial charge in [0.25, 0.3) is 0 Å². The minimum atomic E-state index is -3.10. The fourth-order valence-corrected chi connectivity index (χ4v) is 3.35. The molecule has 0 heterocycles. The minimum Gasteiger partial charge on any atom is -0.317 e. The van der Waals surface area contributed by atoms with Crippen molar-refractivity contribution in [1.82, 2.24) is 10.4 Å². The van der Waals surface area contributed by atoms with E-state index in [-0.39, 0.29) is 0 Å². The molecule has 0 amide bonds. The predicted octanol–water partition coefficient (Wildman–Crippen LogP) is 4.49. The molecule has 2 N–H and O–H groups in total. The lowest BCUT2D eigenvalue weighted by atomic mass is 10.1. The van der Waals surface area contributed by atoms with Gasteiger partial charge in [-0.3, -0.25) is 4.52 Å². The molecule has 0 bridgehead atoms. The third-order valence-electron chi connectivity index (χ3n) is 3.69. The standard InChI is InChI=1S/C16H37N2O3P/c1-4-5-6-7-8-9-10-11-12-13-14-18-22(19,20-3)21-16-15-17-2/h17H,4-16H2,1-3H3,(H,18,19). The molecule has 1 atom stereocenters. The summed E-state index contributed by atoms with van der Waals surface area (Å²) in [6.45, 7) is 3.98. The summed E-state index contributed by atoms with van der Waals surface area (Å²) in [4.78, 5) is 0. The van der Waals surface area contributed by atoms with Gasteiger partial charge in [0.15, 0.2) is 0 Å². The number of hydrogen-bond donors (Lipinski definition) is 2. The molecule has 5 nitrogen and oxygen atoms in total. The second-order valence-electron chi connectivity index (χ2n) is 5.71. The summed E-state index contributed by atoms with van der Waals surface area (Å²) < 4.78 is 22.4. The Kier molecular flexibility index (Phi) is 16.0. The van der Waals surface area contributed by atoms with E-state index in [0.717, 1.165) is 6.42 Å². The molecule has 0 fully saturated rings. The van der Waals surface area contributed by atoms with Gasteiger partial charge in [0.2, 0.25) is 0 Å². The molecule has 0 saturated heterocycles. The van der Waals surface area contributed by atoms with Crippen molar-refractivity contribution in [3.63, 3.8) is 0 Å². The summed E-state index contributed by atoms with van der Waals surface area (Å²) in [5.41, 5.74) is 0. The Morgan fingerprint density at radius 1 is 0.864 bits per heavy atom. The highest BCUT2D eigenvalue weighted by molar-refractivity contribution is 7.51. The molecule has 0 saturated carbocycles. The summed E-state index contributed by atoms with van der Waals surface area (Å²) in [7, 11) is 0.157. The molecular formula is C16H37N2O3P. The summed E-state index contributed by atoms with van der Waals surface area (Å²) in [6, 6.07) is 0. The van der Waals surface area contributed by atoms with Crippen molar-refractivity contribution in [3.8, 4) is 0 Å². The van der Waals surface area contributed by atoms with Crippen molar-refractivity contribution in [2.45, 2.75) is 71.1 Å². The van der Waals surface area contributed by atoms with Crippen LogP contribution in [0.2, 0.25) is 0 Å². The second kappa shape index (κ2) is 15.9. The lowest BCUT2D eigenvalue weighted by molar-refractivity contribution is 0.225. The highest BCUT2D eigenvalue weighted by Gasteiger charge is 2.21. The smallest absolute Gasteiger partial charge is 0.317 e. The van der Waals surface area contributed by atoms with Crippen LogP contribution in [0.15, 0.2) is 0 Å². The van der Waals surface area contributed by atoms with Crippen molar-refractivity contribution in [2.24, 2.45) is 0 Å². The molecule has 0 aromatic heterocycles. The van der Waals surface area contributed by atoms with E-state index in [2.05, 4.69) is 17.3 Å². The molecule has 0 aliphatic carbocycles. The Hall–Kier alpha value is 0.0700. The fraction of sp³-hybridized carbons (Fsp3) is 1.00. The van der Waals surface area contributed by atoms with Crippen LogP contribution in [0.1, 0.15) is 71.1 Å². The zero-order valence-corrected chi connectivity index (χ0v) is 15.8. The first-order chi connectivity index (χ1) is 10.7. The molecule has 0 spiro atoms. The van der Waals surface area contributed by atoms with Gasteiger partial charge in [0.1, 0.15) is 0 Å². The van der Waals surface area contributed by atoms with Gasteiger partial charge in [-0.15, -0.1) is 0 Å². The molecule has 1 unspecified atom stereocenters. The molecule has 0 radical (unpaired) electrons. The molecule has 0 aromatic rings. The summed E-state index contributed by atoms with van der Waals surface area (Å²) >= 11 is 0. The summed E-state index contributed by atoms with van der Waals surface area (Å²) in [5.74, 6) is 0. The van der Waals surface area contributed by atoms with Gasteiger partial charge in [0.05, 0.1) is 6.61 Å². The van der Waals surface area contributed by atoms with Crippen molar-refractivity contribution >= 4 is 7.75 Å². The SMILES string of the molecule is CCCCCCCCCCCCNP(=O)(OC)OCCNC. The van der Waals surface area contributed by atoms with Crippen LogP contribution in [0.4, 0.5) is 0 Å². The maximum atomic E-state index is 12.1. The van der Waals surface area contributed by atoms with Gasteiger partial charge in [-0.25, -0.2) is 9.65 Å². The van der Waals surface area contributed by atoms with E-state index in [1.807, 2.05) is 7.05 Å². The van der Waals surface area contributed by atoms with Crippen LogP contribution in [-0.2, 0) is 13.6 Å². The third-order valence-corrected chi connectivity index (χ3v) is 5.30. The average Bonchev–Trinajstić information content (AvgIpc) is 2.53. The predicted molar refractivity (Wildman–Crippen MR) is 94.3 cm³/mol. The van der Waals surface area contributed by atoms with Crippen LogP contribution in [0, 0.1) is 0 Å². The van der Waals surface area contributed by atoms with E-state index in [9.17, 15) is 4.57 Å². The van der Waals surface area contributed by atoms with Crippen molar-refractivity contribution < 1.29 is 13.6 Å². The molecule has 0 aliphatic rings. The quantitative estimate of drug-likeness (QED) is 0.303. The summed E-state index contributed by atoms with van der Waals surface area (Å²) in [6.07, 6.45) is 12.9. The van der Waals surface area contributed by atoms with E-state index in [1.54, 1.807) is 0 Å². The van der Waals surface area contributed by atoms with Crippen molar-refractivity contribution in [3.05, 3.63) is 0 Å². The fourth-order valence-electron chi connectivity index (χ4n) is 2.26. The Labute approximate surface area is 137 Å². The Balaban J connectivity index is 3.41. The lowest BCUT2D eigenvalue weighted by Crippen LogP contribution is -2.19. The van der Waals surface area contributed by atoms with Crippen LogP contribution >= 0.6 is 7.75 Å². The van der Waals surface area contributed by atoms with Gasteiger partial charge in [-0.1, -0.05) is 64.7 Å². The zero-order chi connectivity index (χ0) is 16.5. The number of nitrogens with one attached hydrogen (secondary N) is 2. The first-order valence-electron chi connectivity index (χ1n) is 8.88. The third kappa shape index (κ3) is 13.7. The Morgan fingerprint density at radius 3 is 1.91 bits per heavy atom. The highest BCUT2D eigenvalue weighted by Crippen LogP contribution is 2.42. The first-order valence-corrected chi connectivity index (χ1v) is 10.4. The van der Waals surface area contributed by atoms with Gasteiger partial charge in [-0.05, 0) is 13.5 Å². The average molecular weight is 336 g/mol. The zero-order valence-electron chi connectivity index (χ0n) is 14.9. The molecule has 0 aromatic carbocycles. The van der Waals surface area contributed by atoms with E-state index in [1.165, 1.54) is 64.9 Å². The molecular weight excluding hydrogens is 299 g/mol. The monoisotopic (exact) mass is 336 g/mol. The van der Waals surface area contributed by atoms with Crippen LogP contribution in [0.5, 0.6) is 0 Å². The van der Waals surface area contributed by atoms with Crippen LogP contribution in [-0.4, -0.2) is 33.9 Å². The normalized spacial score (nSPS) is 14.1. The van der Waals surface area contributed by atoms with E-state index >= 15 is 0 Å². The molecule has 0 rings (SSSR count). The van der Waals surface area contributed by atoms with Gasteiger partial charge in [0, 0.05) is 20.2 Å². The number of hydrogen-bond acceptors (Lipinski definition) is 4. The summed E-state index contributed by atoms with van der Waals surface area (Å²) in [5, 5.41) is 5.86. The van der Waals surface area contributed by atoms with Crippen molar-refractivity contribution in [2.75, 3.05) is 33.9 Å². The van der Waals surface area contributed by atoms with Gasteiger partial charge < -0.3 is 9.84 Å². The Morgan fingerprint density at radius 2 is 1.41 bits per heavy atom. The molecule has 22 heavy (non-hydrogen) atoms. The number of unbranched alkanes of at least 4 members (excludes halogenated alkanes) is 9. The molecule has 134 valence electrons.